The lowest BCUT2D eigenvalue weighted by Crippen LogP contribution is -2.13. The van der Waals surface area contributed by atoms with Gasteiger partial charge in [-0.3, -0.25) is 9.48 Å². The molecule has 1 amide bonds. The number of rotatable bonds is 6. The van der Waals surface area contributed by atoms with Crippen LogP contribution in [0.2, 0.25) is 5.02 Å². The first kappa shape index (κ1) is 17.2. The lowest BCUT2D eigenvalue weighted by Gasteiger charge is -2.04. The number of benzene rings is 2. The zero-order valence-electron chi connectivity index (χ0n) is 13.5. The van der Waals surface area contributed by atoms with Crippen LogP contribution in [0.3, 0.4) is 0 Å². The van der Waals surface area contributed by atoms with Gasteiger partial charge in [0.1, 0.15) is 5.82 Å². The summed E-state index contributed by atoms with van der Waals surface area (Å²) < 4.78 is 15.3. The standard InChI is InChI=1S/C19H17ClFN3O/c20-16-8-5-14(6-9-16)7-10-19(25)22-18-11-12-24(23-18)13-15-3-1-2-4-17(15)21/h1-6,8-9,11-12H,7,10,13H2,(H,22,23,25). The number of carbonyl (C=O) groups excluding carboxylic acids is 1. The van der Waals surface area contributed by atoms with Crippen molar-refractivity contribution in [3.63, 3.8) is 0 Å². The highest BCUT2D eigenvalue weighted by Gasteiger charge is 2.07. The first-order valence-electron chi connectivity index (χ1n) is 7.91. The number of nitrogens with one attached hydrogen (secondary N) is 1. The molecule has 25 heavy (non-hydrogen) atoms. The van der Waals surface area contributed by atoms with E-state index in [-0.39, 0.29) is 11.7 Å². The van der Waals surface area contributed by atoms with Gasteiger partial charge in [0, 0.05) is 29.3 Å². The van der Waals surface area contributed by atoms with E-state index in [1.165, 1.54) is 6.07 Å². The van der Waals surface area contributed by atoms with Crippen LogP contribution in [-0.4, -0.2) is 15.7 Å². The van der Waals surface area contributed by atoms with E-state index in [9.17, 15) is 9.18 Å². The number of hydrogen-bond acceptors (Lipinski definition) is 2. The van der Waals surface area contributed by atoms with Gasteiger partial charge in [-0.2, -0.15) is 5.10 Å². The summed E-state index contributed by atoms with van der Waals surface area (Å²) in [5, 5.41) is 7.68. The fourth-order valence-electron chi connectivity index (χ4n) is 2.43. The molecule has 0 saturated carbocycles. The fraction of sp³-hybridized carbons (Fsp3) is 0.158. The summed E-state index contributed by atoms with van der Waals surface area (Å²) >= 11 is 5.84. The van der Waals surface area contributed by atoms with Crippen molar-refractivity contribution in [3.05, 3.63) is 82.8 Å². The third-order valence-electron chi connectivity index (χ3n) is 3.75. The first-order valence-corrected chi connectivity index (χ1v) is 8.29. The van der Waals surface area contributed by atoms with E-state index in [4.69, 9.17) is 11.6 Å². The maximum atomic E-state index is 13.7. The summed E-state index contributed by atoms with van der Waals surface area (Å²) in [5.74, 6) is 0.0649. The molecule has 0 spiro atoms. The van der Waals surface area contributed by atoms with Crippen LogP contribution in [0.4, 0.5) is 10.2 Å². The molecule has 0 unspecified atom stereocenters. The molecule has 2 aromatic carbocycles. The zero-order valence-corrected chi connectivity index (χ0v) is 14.2. The van der Waals surface area contributed by atoms with Gasteiger partial charge in [0.05, 0.1) is 6.54 Å². The van der Waals surface area contributed by atoms with Crippen LogP contribution >= 0.6 is 11.6 Å². The Morgan fingerprint density at radius 3 is 2.64 bits per heavy atom. The van der Waals surface area contributed by atoms with Crippen LogP contribution in [-0.2, 0) is 17.8 Å². The van der Waals surface area contributed by atoms with E-state index in [2.05, 4.69) is 10.4 Å². The largest absolute Gasteiger partial charge is 0.309 e. The molecule has 1 aromatic heterocycles. The van der Waals surface area contributed by atoms with Gasteiger partial charge in [-0.05, 0) is 30.2 Å². The third-order valence-corrected chi connectivity index (χ3v) is 4.00. The van der Waals surface area contributed by atoms with E-state index < -0.39 is 0 Å². The summed E-state index contributed by atoms with van der Waals surface area (Å²) in [5.41, 5.74) is 1.59. The number of carbonyl (C=O) groups is 1. The summed E-state index contributed by atoms with van der Waals surface area (Å²) in [4.78, 5) is 12.0. The van der Waals surface area contributed by atoms with E-state index in [0.717, 1.165) is 5.56 Å². The molecule has 4 nitrogen and oxygen atoms in total. The Labute approximate surface area is 150 Å². The smallest absolute Gasteiger partial charge is 0.225 e. The minimum absolute atomic E-state index is 0.119. The van der Waals surface area contributed by atoms with Crippen LogP contribution < -0.4 is 5.32 Å². The number of hydrogen-bond donors (Lipinski definition) is 1. The average Bonchev–Trinajstić information content (AvgIpc) is 3.03. The second-order valence-electron chi connectivity index (χ2n) is 5.66. The van der Waals surface area contributed by atoms with Crippen molar-refractivity contribution in [2.75, 3.05) is 5.32 Å². The molecule has 3 rings (SSSR count). The Kier molecular flexibility index (Phi) is 5.46. The predicted octanol–water partition coefficient (Wildman–Crippen LogP) is 4.30. The summed E-state index contributed by atoms with van der Waals surface area (Å²) in [7, 11) is 0. The van der Waals surface area contributed by atoms with Gasteiger partial charge in [0.2, 0.25) is 5.91 Å². The molecule has 1 heterocycles. The molecular weight excluding hydrogens is 341 g/mol. The van der Waals surface area contributed by atoms with Crippen molar-refractivity contribution in [2.45, 2.75) is 19.4 Å². The van der Waals surface area contributed by atoms with Crippen molar-refractivity contribution < 1.29 is 9.18 Å². The van der Waals surface area contributed by atoms with Crippen molar-refractivity contribution in [3.8, 4) is 0 Å². The van der Waals surface area contributed by atoms with E-state index >= 15 is 0 Å². The SMILES string of the molecule is O=C(CCc1ccc(Cl)cc1)Nc1ccn(Cc2ccccc2F)n1. The Hall–Kier alpha value is -2.66. The normalized spacial score (nSPS) is 10.6. The highest BCUT2D eigenvalue weighted by atomic mass is 35.5. The van der Waals surface area contributed by atoms with Gasteiger partial charge in [-0.15, -0.1) is 0 Å². The Morgan fingerprint density at radius 1 is 1.12 bits per heavy atom. The number of halogens is 2. The molecule has 0 radical (unpaired) electrons. The van der Waals surface area contributed by atoms with Crippen LogP contribution in [0.15, 0.2) is 60.8 Å². The molecule has 128 valence electrons. The van der Waals surface area contributed by atoms with Gasteiger partial charge in [0.15, 0.2) is 5.82 Å². The number of aryl methyl sites for hydroxylation is 1. The highest BCUT2D eigenvalue weighted by molar-refractivity contribution is 6.30. The minimum Gasteiger partial charge on any atom is -0.309 e. The molecule has 0 bridgehead atoms. The van der Waals surface area contributed by atoms with E-state index in [0.29, 0.717) is 35.8 Å². The van der Waals surface area contributed by atoms with Crippen molar-refractivity contribution in [2.24, 2.45) is 0 Å². The van der Waals surface area contributed by atoms with E-state index in [1.807, 2.05) is 12.1 Å². The second kappa shape index (κ2) is 7.94. The Bertz CT molecular complexity index is 861. The summed E-state index contributed by atoms with van der Waals surface area (Å²) in [6.45, 7) is 0.313. The first-order chi connectivity index (χ1) is 12.1. The monoisotopic (exact) mass is 357 g/mol. The summed E-state index contributed by atoms with van der Waals surface area (Å²) in [6.07, 6.45) is 2.68. The van der Waals surface area contributed by atoms with Crippen molar-refractivity contribution in [1.82, 2.24) is 9.78 Å². The average molecular weight is 358 g/mol. The molecule has 3 aromatic rings. The Balaban J connectivity index is 1.53. The lowest BCUT2D eigenvalue weighted by atomic mass is 10.1. The lowest BCUT2D eigenvalue weighted by molar-refractivity contribution is -0.116. The van der Waals surface area contributed by atoms with Gasteiger partial charge in [-0.1, -0.05) is 41.9 Å². The van der Waals surface area contributed by atoms with Crippen molar-refractivity contribution in [1.29, 1.82) is 0 Å². The van der Waals surface area contributed by atoms with Gasteiger partial charge >= 0.3 is 0 Å². The van der Waals surface area contributed by atoms with E-state index in [1.54, 1.807) is 47.3 Å². The Morgan fingerprint density at radius 2 is 1.88 bits per heavy atom. The maximum Gasteiger partial charge on any atom is 0.225 e. The topological polar surface area (TPSA) is 46.9 Å². The van der Waals surface area contributed by atoms with Crippen LogP contribution in [0.5, 0.6) is 0 Å². The molecule has 0 saturated heterocycles. The van der Waals surface area contributed by atoms with Crippen molar-refractivity contribution >= 4 is 23.3 Å². The third kappa shape index (κ3) is 4.90. The van der Waals surface area contributed by atoms with Gasteiger partial charge in [0.25, 0.3) is 0 Å². The fourth-order valence-corrected chi connectivity index (χ4v) is 2.56. The van der Waals surface area contributed by atoms with Gasteiger partial charge in [-0.25, -0.2) is 4.39 Å². The molecule has 0 aliphatic rings. The number of aromatic nitrogens is 2. The molecular formula is C19H17ClFN3O. The van der Waals surface area contributed by atoms with Gasteiger partial charge < -0.3 is 5.32 Å². The maximum absolute atomic E-state index is 13.7. The molecule has 0 atom stereocenters. The van der Waals surface area contributed by atoms with Crippen LogP contribution in [0.1, 0.15) is 17.5 Å². The highest BCUT2D eigenvalue weighted by Crippen LogP contribution is 2.12. The second-order valence-corrected chi connectivity index (χ2v) is 6.10. The molecule has 0 aliphatic heterocycles. The summed E-state index contributed by atoms with van der Waals surface area (Å²) in [6, 6.07) is 15.7. The molecule has 6 heteroatoms. The number of nitrogens with zero attached hydrogens (tertiary/aromatic N) is 2. The quantitative estimate of drug-likeness (QED) is 0.715. The van der Waals surface area contributed by atoms with Crippen LogP contribution in [0, 0.1) is 5.82 Å². The predicted molar refractivity (Wildman–Crippen MR) is 96.1 cm³/mol. The molecule has 1 N–H and O–H groups in total. The van der Waals surface area contributed by atoms with Crippen LogP contribution in [0.25, 0.3) is 0 Å². The zero-order chi connectivity index (χ0) is 17.6. The number of anilines is 1. The molecule has 0 aliphatic carbocycles. The minimum atomic E-state index is -0.272. The molecule has 0 fully saturated rings. The number of amides is 1.